The second kappa shape index (κ2) is 7.50. The maximum absolute atomic E-state index is 13.2. The fourth-order valence-corrected chi connectivity index (χ4v) is 3.68. The van der Waals surface area contributed by atoms with Crippen molar-refractivity contribution >= 4 is 10.0 Å². The van der Waals surface area contributed by atoms with E-state index in [-0.39, 0.29) is 22.9 Å². The minimum absolute atomic E-state index is 0.0342. The van der Waals surface area contributed by atoms with Crippen LogP contribution in [0.25, 0.3) is 0 Å². The first kappa shape index (κ1) is 17.3. The van der Waals surface area contributed by atoms with Crippen molar-refractivity contribution in [1.82, 2.24) is 4.72 Å². The number of rotatable bonds is 6. The molecule has 1 fully saturated rings. The van der Waals surface area contributed by atoms with Gasteiger partial charge in [0.25, 0.3) is 0 Å². The molecule has 1 aliphatic rings. The summed E-state index contributed by atoms with van der Waals surface area (Å²) in [4.78, 5) is 0.0342. The van der Waals surface area contributed by atoms with Crippen LogP contribution in [0.1, 0.15) is 24.8 Å². The van der Waals surface area contributed by atoms with Crippen LogP contribution < -0.4 is 4.72 Å². The summed E-state index contributed by atoms with van der Waals surface area (Å²) in [6.07, 6.45) is 1.40. The standard InChI is InChI=1S/C15H22FNO4S/c1-11-10-13(2-3-14(11)16)22(19,20)17-7-4-15(18)12-5-8-21-9-6-12/h2-3,10,12,15,17-18H,4-9H2,1H3/t15-/m1/s1. The molecule has 5 nitrogen and oxygen atoms in total. The normalized spacial score (nSPS) is 18.3. The Morgan fingerprint density at radius 1 is 1.41 bits per heavy atom. The number of benzene rings is 1. The third kappa shape index (κ3) is 4.49. The van der Waals surface area contributed by atoms with E-state index < -0.39 is 21.9 Å². The molecule has 1 atom stereocenters. The Morgan fingerprint density at radius 2 is 2.09 bits per heavy atom. The minimum Gasteiger partial charge on any atom is -0.393 e. The molecule has 1 aromatic rings. The average molecular weight is 331 g/mol. The molecular formula is C15H22FNO4S. The summed E-state index contributed by atoms with van der Waals surface area (Å²) >= 11 is 0. The van der Waals surface area contributed by atoms with Gasteiger partial charge in [0.15, 0.2) is 0 Å². The number of aliphatic hydroxyl groups excluding tert-OH is 1. The summed E-state index contributed by atoms with van der Waals surface area (Å²) in [5, 5.41) is 10.1. The van der Waals surface area contributed by atoms with Gasteiger partial charge < -0.3 is 9.84 Å². The number of hydrogen-bond acceptors (Lipinski definition) is 4. The third-order valence-corrected chi connectivity index (χ3v) is 5.44. The second-order valence-electron chi connectivity index (χ2n) is 5.61. The first-order valence-corrected chi connectivity index (χ1v) is 8.90. The van der Waals surface area contributed by atoms with E-state index in [4.69, 9.17) is 4.74 Å². The highest BCUT2D eigenvalue weighted by molar-refractivity contribution is 7.89. The van der Waals surface area contributed by atoms with Crippen LogP contribution in [0, 0.1) is 18.7 Å². The van der Waals surface area contributed by atoms with E-state index >= 15 is 0 Å². The Balaban J connectivity index is 1.88. The summed E-state index contributed by atoms with van der Waals surface area (Å²) in [7, 11) is -3.68. The lowest BCUT2D eigenvalue weighted by Crippen LogP contribution is -2.32. The Bertz CT molecular complexity index is 600. The quantitative estimate of drug-likeness (QED) is 0.830. The molecule has 0 saturated carbocycles. The van der Waals surface area contributed by atoms with E-state index in [9.17, 15) is 17.9 Å². The largest absolute Gasteiger partial charge is 0.393 e. The number of hydrogen-bond donors (Lipinski definition) is 2. The molecule has 0 unspecified atom stereocenters. The zero-order valence-corrected chi connectivity index (χ0v) is 13.4. The zero-order valence-electron chi connectivity index (χ0n) is 12.6. The van der Waals surface area contributed by atoms with Crippen molar-refractivity contribution in [3.8, 4) is 0 Å². The molecule has 124 valence electrons. The summed E-state index contributed by atoms with van der Waals surface area (Å²) < 4.78 is 45.1. The number of sulfonamides is 1. The van der Waals surface area contributed by atoms with Gasteiger partial charge in [0.1, 0.15) is 5.82 Å². The van der Waals surface area contributed by atoms with Crippen LogP contribution in [0.15, 0.2) is 23.1 Å². The van der Waals surface area contributed by atoms with Crippen LogP contribution in [0.3, 0.4) is 0 Å². The number of ether oxygens (including phenoxy) is 1. The Hall–Kier alpha value is -1.02. The topological polar surface area (TPSA) is 75.6 Å². The van der Waals surface area contributed by atoms with Crippen molar-refractivity contribution in [3.05, 3.63) is 29.6 Å². The van der Waals surface area contributed by atoms with Crippen molar-refractivity contribution in [2.45, 2.75) is 37.2 Å². The SMILES string of the molecule is Cc1cc(S(=O)(=O)NCC[C@@H](O)C2CCOCC2)ccc1F. The Kier molecular flexibility index (Phi) is 5.91. The first-order valence-electron chi connectivity index (χ1n) is 7.42. The van der Waals surface area contributed by atoms with Gasteiger partial charge in [-0.15, -0.1) is 0 Å². The monoisotopic (exact) mass is 331 g/mol. The third-order valence-electron chi connectivity index (χ3n) is 3.98. The highest BCUT2D eigenvalue weighted by Crippen LogP contribution is 2.20. The van der Waals surface area contributed by atoms with Gasteiger partial charge in [0, 0.05) is 19.8 Å². The van der Waals surface area contributed by atoms with Crippen LogP contribution in [0.2, 0.25) is 0 Å². The van der Waals surface area contributed by atoms with Crippen molar-refractivity contribution in [2.24, 2.45) is 5.92 Å². The Labute approximate surface area is 130 Å². The van der Waals surface area contributed by atoms with Crippen LogP contribution in [0.5, 0.6) is 0 Å². The molecule has 22 heavy (non-hydrogen) atoms. The van der Waals surface area contributed by atoms with E-state index in [2.05, 4.69) is 4.72 Å². The van der Waals surface area contributed by atoms with Gasteiger partial charge in [-0.2, -0.15) is 0 Å². The molecule has 1 aliphatic heterocycles. The van der Waals surface area contributed by atoms with Crippen molar-refractivity contribution in [3.63, 3.8) is 0 Å². The summed E-state index contributed by atoms with van der Waals surface area (Å²) in [6, 6.07) is 3.67. The van der Waals surface area contributed by atoms with Gasteiger partial charge in [-0.05, 0) is 55.9 Å². The average Bonchev–Trinajstić information content (AvgIpc) is 2.50. The van der Waals surface area contributed by atoms with E-state index in [0.29, 0.717) is 19.6 Å². The smallest absolute Gasteiger partial charge is 0.240 e. The molecule has 1 saturated heterocycles. The van der Waals surface area contributed by atoms with E-state index in [1.54, 1.807) is 0 Å². The number of halogens is 1. The van der Waals surface area contributed by atoms with Gasteiger partial charge in [-0.1, -0.05) is 0 Å². The van der Waals surface area contributed by atoms with Crippen LogP contribution in [-0.4, -0.2) is 39.4 Å². The molecular weight excluding hydrogens is 309 g/mol. The number of nitrogens with one attached hydrogen (secondary N) is 1. The summed E-state index contributed by atoms with van der Waals surface area (Å²) in [6.45, 7) is 2.95. The van der Waals surface area contributed by atoms with Gasteiger partial charge in [-0.25, -0.2) is 17.5 Å². The maximum Gasteiger partial charge on any atom is 0.240 e. The minimum atomic E-state index is -3.68. The molecule has 0 spiro atoms. The van der Waals surface area contributed by atoms with E-state index in [1.807, 2.05) is 0 Å². The highest BCUT2D eigenvalue weighted by atomic mass is 32.2. The first-order chi connectivity index (χ1) is 10.4. The molecule has 2 rings (SSSR count). The maximum atomic E-state index is 13.2. The lowest BCUT2D eigenvalue weighted by molar-refractivity contribution is 0.00567. The lowest BCUT2D eigenvalue weighted by atomic mass is 9.92. The van der Waals surface area contributed by atoms with E-state index in [0.717, 1.165) is 18.9 Å². The molecule has 2 N–H and O–H groups in total. The van der Waals surface area contributed by atoms with Gasteiger partial charge >= 0.3 is 0 Å². The van der Waals surface area contributed by atoms with Crippen molar-refractivity contribution < 1.29 is 22.7 Å². The number of aryl methyl sites for hydroxylation is 1. The fourth-order valence-electron chi connectivity index (χ4n) is 2.55. The van der Waals surface area contributed by atoms with E-state index in [1.165, 1.54) is 19.1 Å². The van der Waals surface area contributed by atoms with Crippen LogP contribution in [-0.2, 0) is 14.8 Å². The van der Waals surface area contributed by atoms with Gasteiger partial charge in [0.05, 0.1) is 11.0 Å². The van der Waals surface area contributed by atoms with Gasteiger partial charge in [0.2, 0.25) is 10.0 Å². The van der Waals surface area contributed by atoms with Crippen molar-refractivity contribution in [2.75, 3.05) is 19.8 Å². The highest BCUT2D eigenvalue weighted by Gasteiger charge is 2.22. The van der Waals surface area contributed by atoms with Crippen LogP contribution >= 0.6 is 0 Å². The molecule has 0 amide bonds. The summed E-state index contributed by atoms with van der Waals surface area (Å²) in [5.41, 5.74) is 0.283. The summed E-state index contributed by atoms with van der Waals surface area (Å²) in [5.74, 6) is -0.278. The second-order valence-corrected chi connectivity index (χ2v) is 7.38. The van der Waals surface area contributed by atoms with Gasteiger partial charge in [-0.3, -0.25) is 0 Å². The Morgan fingerprint density at radius 3 is 2.73 bits per heavy atom. The molecule has 0 aliphatic carbocycles. The molecule has 0 aromatic heterocycles. The lowest BCUT2D eigenvalue weighted by Gasteiger charge is -2.26. The predicted octanol–water partition coefficient (Wildman–Crippen LogP) is 1.59. The molecule has 0 radical (unpaired) electrons. The molecule has 1 heterocycles. The zero-order chi connectivity index (χ0) is 16.2. The van der Waals surface area contributed by atoms with Crippen molar-refractivity contribution in [1.29, 1.82) is 0 Å². The predicted molar refractivity (Wildman–Crippen MR) is 80.5 cm³/mol. The molecule has 7 heteroatoms. The fraction of sp³-hybridized carbons (Fsp3) is 0.600. The number of aliphatic hydroxyl groups is 1. The molecule has 0 bridgehead atoms. The molecule has 1 aromatic carbocycles. The van der Waals surface area contributed by atoms with Crippen LogP contribution in [0.4, 0.5) is 4.39 Å².